The molecule has 0 aliphatic carbocycles. The second-order valence-corrected chi connectivity index (χ2v) is 6.77. The van der Waals surface area contributed by atoms with Crippen molar-refractivity contribution < 1.29 is 9.53 Å². The molecule has 4 rings (SSSR count). The van der Waals surface area contributed by atoms with Crippen molar-refractivity contribution in [1.29, 1.82) is 0 Å². The van der Waals surface area contributed by atoms with E-state index in [0.717, 1.165) is 41.5 Å². The monoisotopic (exact) mass is 350 g/mol. The smallest absolute Gasteiger partial charge is 0.233 e. The average Bonchev–Trinajstić information content (AvgIpc) is 3.07. The second kappa shape index (κ2) is 7.15. The van der Waals surface area contributed by atoms with Gasteiger partial charge in [0, 0.05) is 29.7 Å². The van der Waals surface area contributed by atoms with Gasteiger partial charge in [0.2, 0.25) is 11.8 Å². The molecule has 6 heteroatoms. The van der Waals surface area contributed by atoms with Crippen LogP contribution in [0.5, 0.6) is 5.88 Å². The van der Waals surface area contributed by atoms with Gasteiger partial charge in [0.15, 0.2) is 0 Å². The lowest BCUT2D eigenvalue weighted by atomic mass is 10.1. The summed E-state index contributed by atoms with van der Waals surface area (Å²) in [5.41, 5.74) is 2.96. The molecule has 0 bridgehead atoms. The van der Waals surface area contributed by atoms with Crippen molar-refractivity contribution in [2.75, 3.05) is 13.1 Å². The van der Waals surface area contributed by atoms with Gasteiger partial charge in [0.25, 0.3) is 0 Å². The van der Waals surface area contributed by atoms with Crippen molar-refractivity contribution in [1.82, 2.24) is 20.1 Å². The zero-order chi connectivity index (χ0) is 17.9. The van der Waals surface area contributed by atoms with Crippen molar-refractivity contribution in [2.45, 2.75) is 32.3 Å². The van der Waals surface area contributed by atoms with Crippen molar-refractivity contribution in [3.05, 3.63) is 53.9 Å². The Morgan fingerprint density at radius 3 is 3.00 bits per heavy atom. The van der Waals surface area contributed by atoms with Crippen LogP contribution >= 0.6 is 0 Å². The number of nitrogens with zero attached hydrogens (tertiary/aromatic N) is 3. The minimum absolute atomic E-state index is 0.0346. The summed E-state index contributed by atoms with van der Waals surface area (Å²) >= 11 is 0. The predicted molar refractivity (Wildman–Crippen MR) is 99.0 cm³/mol. The first-order chi connectivity index (χ1) is 12.7. The highest BCUT2D eigenvalue weighted by Gasteiger charge is 2.25. The number of nitrogens with one attached hydrogen (secondary N) is 1. The maximum absolute atomic E-state index is 12.8. The number of hydrogen-bond donors (Lipinski definition) is 1. The number of hydrogen-bond acceptors (Lipinski definition) is 4. The van der Waals surface area contributed by atoms with E-state index in [9.17, 15) is 4.79 Å². The normalized spacial score (nSPS) is 17.4. The van der Waals surface area contributed by atoms with E-state index in [1.54, 1.807) is 0 Å². The molecule has 3 heterocycles. The number of ether oxygens (including phenoxy) is 1. The third-order valence-electron chi connectivity index (χ3n) is 4.81. The molecule has 1 fully saturated rings. The molecule has 1 aliphatic heterocycles. The zero-order valence-electron chi connectivity index (χ0n) is 14.8. The number of para-hydroxylation sites is 1. The van der Waals surface area contributed by atoms with Crippen LogP contribution in [0, 0.1) is 6.92 Å². The van der Waals surface area contributed by atoms with Gasteiger partial charge in [-0.2, -0.15) is 5.10 Å². The molecule has 134 valence electrons. The average molecular weight is 350 g/mol. The summed E-state index contributed by atoms with van der Waals surface area (Å²) in [7, 11) is 0. The molecule has 0 spiro atoms. The Balaban J connectivity index is 1.40. The maximum Gasteiger partial charge on any atom is 0.233 e. The van der Waals surface area contributed by atoms with Gasteiger partial charge in [-0.1, -0.05) is 18.2 Å². The van der Waals surface area contributed by atoms with Crippen LogP contribution in [-0.4, -0.2) is 45.2 Å². The lowest BCUT2D eigenvalue weighted by Gasteiger charge is -2.32. The second-order valence-electron chi connectivity index (χ2n) is 6.77. The van der Waals surface area contributed by atoms with Crippen LogP contribution in [0.2, 0.25) is 0 Å². The predicted octanol–water partition coefficient (Wildman–Crippen LogP) is 2.88. The van der Waals surface area contributed by atoms with Crippen LogP contribution in [0.25, 0.3) is 10.9 Å². The van der Waals surface area contributed by atoms with Crippen LogP contribution in [-0.2, 0) is 11.2 Å². The molecule has 1 N–H and O–H groups in total. The summed E-state index contributed by atoms with van der Waals surface area (Å²) in [6, 6.07) is 11.8. The molecule has 1 amide bonds. The molecule has 2 aromatic heterocycles. The maximum atomic E-state index is 12.8. The van der Waals surface area contributed by atoms with Crippen LogP contribution in [0.3, 0.4) is 0 Å². The molecule has 0 radical (unpaired) electrons. The Bertz CT molecular complexity index is 904. The summed E-state index contributed by atoms with van der Waals surface area (Å²) in [5, 5.41) is 9.19. The summed E-state index contributed by atoms with van der Waals surface area (Å²) in [6.07, 6.45) is 4.16. The van der Waals surface area contributed by atoms with E-state index in [1.165, 1.54) is 0 Å². The van der Waals surface area contributed by atoms with E-state index in [2.05, 4.69) is 15.2 Å². The highest BCUT2D eigenvalue weighted by Crippen LogP contribution is 2.21. The Morgan fingerprint density at radius 1 is 1.27 bits per heavy atom. The number of aromatic nitrogens is 3. The molecule has 1 unspecified atom stereocenters. The number of aryl methyl sites for hydroxylation is 1. The van der Waals surface area contributed by atoms with E-state index in [4.69, 9.17) is 4.74 Å². The molecule has 0 saturated carbocycles. The fraction of sp³-hybridized carbons (Fsp3) is 0.350. The Hall–Kier alpha value is -2.89. The van der Waals surface area contributed by atoms with Gasteiger partial charge < -0.3 is 14.6 Å². The van der Waals surface area contributed by atoms with E-state index in [0.29, 0.717) is 18.8 Å². The number of benzene rings is 1. The topological polar surface area (TPSA) is 71.1 Å². The van der Waals surface area contributed by atoms with E-state index >= 15 is 0 Å². The molecule has 6 nitrogen and oxygen atoms in total. The fourth-order valence-corrected chi connectivity index (χ4v) is 3.43. The van der Waals surface area contributed by atoms with Crippen LogP contribution in [0.1, 0.15) is 24.1 Å². The molecular formula is C20H22N4O2. The molecule has 1 saturated heterocycles. The van der Waals surface area contributed by atoms with Crippen molar-refractivity contribution in [3.8, 4) is 5.88 Å². The van der Waals surface area contributed by atoms with Gasteiger partial charge in [0.05, 0.1) is 18.7 Å². The molecule has 26 heavy (non-hydrogen) atoms. The van der Waals surface area contributed by atoms with E-state index in [-0.39, 0.29) is 12.0 Å². The number of amides is 1. The highest BCUT2D eigenvalue weighted by molar-refractivity contribution is 5.88. The molecule has 1 aromatic carbocycles. The van der Waals surface area contributed by atoms with Gasteiger partial charge in [-0.25, -0.2) is 0 Å². The third-order valence-corrected chi connectivity index (χ3v) is 4.81. The molecule has 1 aliphatic rings. The number of aromatic amines is 1. The first-order valence-electron chi connectivity index (χ1n) is 8.99. The van der Waals surface area contributed by atoms with E-state index in [1.807, 2.05) is 54.4 Å². The van der Waals surface area contributed by atoms with Crippen molar-refractivity contribution in [3.63, 3.8) is 0 Å². The number of rotatable bonds is 4. The van der Waals surface area contributed by atoms with Gasteiger partial charge >= 0.3 is 0 Å². The number of likely N-dealkylation sites (tertiary alicyclic amines) is 1. The lowest BCUT2D eigenvalue weighted by molar-refractivity contribution is -0.133. The Labute approximate surface area is 152 Å². The number of carbonyl (C=O) groups excluding carboxylic acids is 1. The molecular weight excluding hydrogens is 328 g/mol. The molecule has 3 aromatic rings. The summed E-state index contributed by atoms with van der Waals surface area (Å²) in [5.74, 6) is 0.657. The SMILES string of the molecule is Cc1ccc(OC2CCCN(C(=O)Cc3c[nH]c4ccccc34)C2)nn1. The number of piperidine rings is 1. The van der Waals surface area contributed by atoms with Crippen LogP contribution < -0.4 is 4.74 Å². The number of carbonyl (C=O) groups is 1. The number of fused-ring (bicyclic) bond motifs is 1. The highest BCUT2D eigenvalue weighted by atomic mass is 16.5. The standard InChI is InChI=1S/C20H22N4O2/c1-14-8-9-19(23-22-14)26-16-5-4-10-24(13-16)20(25)11-15-12-21-18-7-3-2-6-17(15)18/h2-3,6-9,12,16,21H,4-5,10-11,13H2,1H3. The lowest BCUT2D eigenvalue weighted by Crippen LogP contribution is -2.45. The minimum atomic E-state index is -0.0346. The first-order valence-corrected chi connectivity index (χ1v) is 8.99. The largest absolute Gasteiger partial charge is 0.471 e. The minimum Gasteiger partial charge on any atom is -0.471 e. The first kappa shape index (κ1) is 16.6. The number of H-pyrrole nitrogens is 1. The summed E-state index contributed by atoms with van der Waals surface area (Å²) in [6.45, 7) is 3.26. The van der Waals surface area contributed by atoms with Gasteiger partial charge in [0.1, 0.15) is 6.10 Å². The van der Waals surface area contributed by atoms with Gasteiger partial charge in [-0.05, 0) is 37.5 Å². The van der Waals surface area contributed by atoms with Crippen LogP contribution in [0.15, 0.2) is 42.6 Å². The molecule has 1 atom stereocenters. The zero-order valence-corrected chi connectivity index (χ0v) is 14.8. The Kier molecular flexibility index (Phi) is 4.56. The van der Waals surface area contributed by atoms with Crippen LogP contribution in [0.4, 0.5) is 0 Å². The fourth-order valence-electron chi connectivity index (χ4n) is 3.43. The van der Waals surface area contributed by atoms with Crippen molar-refractivity contribution in [2.24, 2.45) is 0 Å². The van der Waals surface area contributed by atoms with Gasteiger partial charge in [-0.15, -0.1) is 5.10 Å². The van der Waals surface area contributed by atoms with Crippen molar-refractivity contribution >= 4 is 16.8 Å². The Morgan fingerprint density at radius 2 is 2.15 bits per heavy atom. The quantitative estimate of drug-likeness (QED) is 0.785. The van der Waals surface area contributed by atoms with E-state index < -0.39 is 0 Å². The summed E-state index contributed by atoms with van der Waals surface area (Å²) in [4.78, 5) is 17.9. The van der Waals surface area contributed by atoms with Gasteiger partial charge in [-0.3, -0.25) is 4.79 Å². The summed E-state index contributed by atoms with van der Waals surface area (Å²) < 4.78 is 5.92. The third kappa shape index (κ3) is 3.54.